The predicted octanol–water partition coefficient (Wildman–Crippen LogP) is 4.30. The topological polar surface area (TPSA) is 44.5 Å². The van der Waals surface area contributed by atoms with Crippen molar-refractivity contribution >= 4 is 11.6 Å². The lowest BCUT2D eigenvalue weighted by Crippen LogP contribution is -2.09. The number of rotatable bonds is 4. The van der Waals surface area contributed by atoms with Crippen molar-refractivity contribution in [3.63, 3.8) is 0 Å². The molecule has 0 aliphatic heterocycles. The van der Waals surface area contributed by atoms with Crippen LogP contribution in [0.4, 0.5) is 4.39 Å². The molecule has 0 aliphatic rings. The molecule has 106 valence electrons. The van der Waals surface area contributed by atoms with Crippen LogP contribution in [0.25, 0.3) is 0 Å². The smallest absolute Gasteiger partial charge is 0.184 e. The van der Waals surface area contributed by atoms with E-state index in [9.17, 15) is 4.39 Å². The normalized spacial score (nSPS) is 12.1. The fourth-order valence-electron chi connectivity index (χ4n) is 1.92. The summed E-state index contributed by atoms with van der Waals surface area (Å²) in [5.74, 6) is 0.487. The average molecular weight is 296 g/mol. The first kappa shape index (κ1) is 14.6. The Morgan fingerprint density at radius 3 is 2.35 bits per heavy atom. The van der Waals surface area contributed by atoms with Crippen LogP contribution in [-0.2, 0) is 0 Å². The van der Waals surface area contributed by atoms with Crippen LogP contribution in [0.15, 0.2) is 36.4 Å². The standard InChI is InChI=1S/C15H15ClFNO2/c1-9(18)14-11(19-2)6-4-7-12(14)20-13-8-3-5-10(16)15(13)17/h3-9H,18H2,1-2H3. The zero-order chi connectivity index (χ0) is 14.7. The number of hydrogen-bond donors (Lipinski definition) is 1. The first-order chi connectivity index (χ1) is 9.54. The van der Waals surface area contributed by atoms with Gasteiger partial charge in [-0.1, -0.05) is 23.7 Å². The third-order valence-corrected chi connectivity index (χ3v) is 3.13. The Morgan fingerprint density at radius 1 is 1.10 bits per heavy atom. The van der Waals surface area contributed by atoms with Crippen molar-refractivity contribution < 1.29 is 13.9 Å². The summed E-state index contributed by atoms with van der Waals surface area (Å²) >= 11 is 5.74. The summed E-state index contributed by atoms with van der Waals surface area (Å²) in [6.07, 6.45) is 0. The molecule has 0 fully saturated rings. The van der Waals surface area contributed by atoms with Crippen molar-refractivity contribution in [3.8, 4) is 17.2 Å². The summed E-state index contributed by atoms with van der Waals surface area (Å²) in [4.78, 5) is 0. The molecule has 2 aromatic rings. The quantitative estimate of drug-likeness (QED) is 0.914. The molecule has 1 unspecified atom stereocenters. The van der Waals surface area contributed by atoms with Gasteiger partial charge in [-0.15, -0.1) is 0 Å². The Morgan fingerprint density at radius 2 is 1.70 bits per heavy atom. The first-order valence-corrected chi connectivity index (χ1v) is 6.46. The predicted molar refractivity (Wildman–Crippen MR) is 77.1 cm³/mol. The van der Waals surface area contributed by atoms with E-state index in [2.05, 4.69) is 0 Å². The van der Waals surface area contributed by atoms with Gasteiger partial charge in [-0.2, -0.15) is 0 Å². The van der Waals surface area contributed by atoms with Gasteiger partial charge < -0.3 is 15.2 Å². The Bertz CT molecular complexity index is 617. The molecule has 0 radical (unpaired) electrons. The van der Waals surface area contributed by atoms with E-state index in [0.717, 1.165) is 0 Å². The van der Waals surface area contributed by atoms with Crippen LogP contribution in [0.1, 0.15) is 18.5 Å². The van der Waals surface area contributed by atoms with Gasteiger partial charge in [-0.25, -0.2) is 4.39 Å². The molecule has 2 rings (SSSR count). The van der Waals surface area contributed by atoms with E-state index in [4.69, 9.17) is 26.8 Å². The Hall–Kier alpha value is -1.78. The highest BCUT2D eigenvalue weighted by atomic mass is 35.5. The van der Waals surface area contributed by atoms with Gasteiger partial charge in [0.05, 0.1) is 17.7 Å². The minimum absolute atomic E-state index is 0.00717. The van der Waals surface area contributed by atoms with Crippen LogP contribution in [0, 0.1) is 5.82 Å². The number of ether oxygens (including phenoxy) is 2. The Balaban J connectivity index is 2.46. The summed E-state index contributed by atoms with van der Waals surface area (Å²) in [5, 5.41) is 0.00717. The lowest BCUT2D eigenvalue weighted by atomic mass is 10.1. The van der Waals surface area contributed by atoms with E-state index >= 15 is 0 Å². The van der Waals surface area contributed by atoms with E-state index < -0.39 is 5.82 Å². The minimum atomic E-state index is -0.604. The highest BCUT2D eigenvalue weighted by molar-refractivity contribution is 6.30. The monoisotopic (exact) mass is 295 g/mol. The number of halogens is 2. The second kappa shape index (κ2) is 6.11. The minimum Gasteiger partial charge on any atom is -0.496 e. The van der Waals surface area contributed by atoms with Crippen molar-refractivity contribution in [2.75, 3.05) is 7.11 Å². The second-order valence-electron chi connectivity index (χ2n) is 4.31. The summed E-state index contributed by atoms with van der Waals surface area (Å²) in [7, 11) is 1.55. The third kappa shape index (κ3) is 2.86. The van der Waals surface area contributed by atoms with Crippen molar-refractivity contribution in [3.05, 3.63) is 52.8 Å². The fraction of sp³-hybridized carbons (Fsp3) is 0.200. The number of nitrogens with two attached hydrogens (primary N) is 1. The lowest BCUT2D eigenvalue weighted by Gasteiger charge is -2.17. The maximum absolute atomic E-state index is 13.9. The summed E-state index contributed by atoms with van der Waals surface area (Å²) in [5.41, 5.74) is 6.61. The number of benzene rings is 2. The maximum atomic E-state index is 13.9. The lowest BCUT2D eigenvalue weighted by molar-refractivity contribution is 0.393. The van der Waals surface area contributed by atoms with E-state index in [1.807, 2.05) is 0 Å². The van der Waals surface area contributed by atoms with Crippen LogP contribution in [-0.4, -0.2) is 7.11 Å². The van der Waals surface area contributed by atoms with Crippen LogP contribution in [0.3, 0.4) is 0 Å². The molecule has 0 bridgehead atoms. The molecular formula is C15H15ClFNO2. The van der Waals surface area contributed by atoms with E-state index in [0.29, 0.717) is 17.1 Å². The van der Waals surface area contributed by atoms with Crippen LogP contribution < -0.4 is 15.2 Å². The molecule has 5 heteroatoms. The highest BCUT2D eigenvalue weighted by Crippen LogP contribution is 2.37. The SMILES string of the molecule is COc1cccc(Oc2cccc(Cl)c2F)c1C(C)N. The molecule has 0 aromatic heterocycles. The number of methoxy groups -OCH3 is 1. The van der Waals surface area contributed by atoms with Crippen LogP contribution in [0.5, 0.6) is 17.2 Å². The highest BCUT2D eigenvalue weighted by Gasteiger charge is 2.16. The van der Waals surface area contributed by atoms with Crippen molar-refractivity contribution in [1.82, 2.24) is 0 Å². The summed E-state index contributed by atoms with van der Waals surface area (Å²) in [6.45, 7) is 1.80. The summed E-state index contributed by atoms with van der Waals surface area (Å²) < 4.78 is 24.7. The second-order valence-corrected chi connectivity index (χ2v) is 4.72. The molecule has 20 heavy (non-hydrogen) atoms. The first-order valence-electron chi connectivity index (χ1n) is 6.09. The van der Waals surface area contributed by atoms with E-state index in [1.165, 1.54) is 12.1 Å². The van der Waals surface area contributed by atoms with Gasteiger partial charge in [-0.05, 0) is 31.2 Å². The van der Waals surface area contributed by atoms with Crippen LogP contribution in [0.2, 0.25) is 5.02 Å². The van der Waals surface area contributed by atoms with E-state index in [1.54, 1.807) is 38.3 Å². The summed E-state index contributed by atoms with van der Waals surface area (Å²) in [6, 6.07) is 9.51. The van der Waals surface area contributed by atoms with Gasteiger partial charge in [0.2, 0.25) is 0 Å². The molecule has 0 amide bonds. The molecule has 1 atom stereocenters. The van der Waals surface area contributed by atoms with Gasteiger partial charge in [-0.3, -0.25) is 0 Å². The van der Waals surface area contributed by atoms with Gasteiger partial charge in [0, 0.05) is 6.04 Å². The van der Waals surface area contributed by atoms with Crippen LogP contribution >= 0.6 is 11.6 Å². The zero-order valence-corrected chi connectivity index (χ0v) is 11.9. The number of hydrogen-bond acceptors (Lipinski definition) is 3. The van der Waals surface area contributed by atoms with Gasteiger partial charge >= 0.3 is 0 Å². The van der Waals surface area contributed by atoms with E-state index in [-0.39, 0.29) is 16.8 Å². The van der Waals surface area contributed by atoms with Gasteiger partial charge in [0.15, 0.2) is 11.6 Å². The average Bonchev–Trinajstić information content (AvgIpc) is 2.43. The maximum Gasteiger partial charge on any atom is 0.184 e. The van der Waals surface area contributed by atoms with Crippen molar-refractivity contribution in [2.24, 2.45) is 5.73 Å². The Labute approximate surface area is 122 Å². The molecule has 3 nitrogen and oxygen atoms in total. The third-order valence-electron chi connectivity index (χ3n) is 2.84. The molecule has 0 saturated carbocycles. The molecular weight excluding hydrogens is 281 g/mol. The molecule has 0 aliphatic carbocycles. The molecule has 2 aromatic carbocycles. The Kier molecular flexibility index (Phi) is 4.47. The van der Waals surface area contributed by atoms with Gasteiger partial charge in [0.25, 0.3) is 0 Å². The fourth-order valence-corrected chi connectivity index (χ4v) is 2.09. The molecule has 2 N–H and O–H groups in total. The van der Waals surface area contributed by atoms with Gasteiger partial charge in [0.1, 0.15) is 11.5 Å². The molecule has 0 spiro atoms. The van der Waals surface area contributed by atoms with Crippen molar-refractivity contribution in [1.29, 1.82) is 0 Å². The molecule has 0 saturated heterocycles. The van der Waals surface area contributed by atoms with Crippen molar-refractivity contribution in [2.45, 2.75) is 13.0 Å². The zero-order valence-electron chi connectivity index (χ0n) is 11.2. The molecule has 0 heterocycles. The largest absolute Gasteiger partial charge is 0.496 e.